The molecular formula is CH3NO2Te. The molecule has 4 heteroatoms. The quantitative estimate of drug-likeness (QED) is 0.483. The van der Waals surface area contributed by atoms with Crippen molar-refractivity contribution in [3.8, 4) is 0 Å². The molecule has 3 nitrogen and oxygen atoms in total. The van der Waals surface area contributed by atoms with Crippen LogP contribution in [0.25, 0.3) is 0 Å². The number of nitrogens with one attached hydrogen (secondary N) is 1. The van der Waals surface area contributed by atoms with Gasteiger partial charge in [-0.15, -0.1) is 0 Å². The first kappa shape index (κ1) is 5.06. The molecule has 0 saturated carbocycles. The molecule has 0 aromatic rings. The summed E-state index contributed by atoms with van der Waals surface area (Å²) in [6.07, 6.45) is -0.973. The van der Waals surface area contributed by atoms with Gasteiger partial charge in [-0.1, -0.05) is 0 Å². The van der Waals surface area contributed by atoms with Crippen LogP contribution in [-0.2, 0) is 0 Å². The Labute approximate surface area is 42.6 Å². The van der Waals surface area contributed by atoms with Gasteiger partial charge in [0, 0.05) is 0 Å². The van der Waals surface area contributed by atoms with E-state index < -0.39 is 6.09 Å². The molecule has 0 saturated heterocycles. The summed E-state index contributed by atoms with van der Waals surface area (Å²) in [5, 5.41) is 7.62. The number of hydrogen-bond acceptors (Lipinski definition) is 1. The van der Waals surface area contributed by atoms with Crippen LogP contribution < -0.4 is 3.57 Å². The van der Waals surface area contributed by atoms with Crippen molar-refractivity contribution in [3.63, 3.8) is 0 Å². The van der Waals surface area contributed by atoms with Gasteiger partial charge < -0.3 is 0 Å². The summed E-state index contributed by atoms with van der Waals surface area (Å²) in [4.78, 5) is 9.27. The van der Waals surface area contributed by atoms with Crippen LogP contribution in [0.4, 0.5) is 4.79 Å². The van der Waals surface area contributed by atoms with E-state index in [1.54, 1.807) is 0 Å². The fourth-order valence-corrected chi connectivity index (χ4v) is 0. The Morgan fingerprint density at radius 1 is 2.00 bits per heavy atom. The molecule has 0 aromatic carbocycles. The summed E-state index contributed by atoms with van der Waals surface area (Å²) in [5.41, 5.74) is 0. The number of amides is 1. The van der Waals surface area contributed by atoms with Crippen LogP contribution in [0.2, 0.25) is 0 Å². The van der Waals surface area contributed by atoms with E-state index in [0.717, 1.165) is 22.6 Å². The van der Waals surface area contributed by atoms with Crippen molar-refractivity contribution in [2.24, 2.45) is 0 Å². The molecule has 0 bridgehead atoms. The fourth-order valence-electron chi connectivity index (χ4n) is 0. The van der Waals surface area contributed by atoms with Crippen LogP contribution in [0, 0.1) is 0 Å². The molecule has 30 valence electrons. The predicted molar refractivity (Wildman–Crippen MR) is 18.3 cm³/mol. The molecule has 0 radical (unpaired) electrons. The van der Waals surface area contributed by atoms with Gasteiger partial charge in [0.15, 0.2) is 0 Å². The maximum atomic E-state index is 9.27. The van der Waals surface area contributed by atoms with Gasteiger partial charge >= 0.3 is 42.1 Å². The third-order valence-electron chi connectivity index (χ3n) is 0.0956. The standard InChI is InChI=1S/CH3NO2Te/c3-1(4)2-5/h2,5H,(H,3,4). The summed E-state index contributed by atoms with van der Waals surface area (Å²) in [6.45, 7) is 0. The van der Waals surface area contributed by atoms with E-state index in [1.165, 1.54) is 0 Å². The van der Waals surface area contributed by atoms with E-state index in [2.05, 4.69) is 0 Å². The van der Waals surface area contributed by atoms with E-state index >= 15 is 0 Å². The first-order chi connectivity index (χ1) is 2.27. The van der Waals surface area contributed by atoms with Gasteiger partial charge in [0.2, 0.25) is 0 Å². The third kappa shape index (κ3) is 4.06. The van der Waals surface area contributed by atoms with Gasteiger partial charge in [-0.3, -0.25) is 0 Å². The molecule has 0 unspecified atom stereocenters. The molecule has 0 spiro atoms. The SMILES string of the molecule is O=C(O)N[TeH]. The molecule has 2 N–H and O–H groups in total. The van der Waals surface area contributed by atoms with Gasteiger partial charge in [-0.05, 0) is 0 Å². The van der Waals surface area contributed by atoms with Gasteiger partial charge in [0.1, 0.15) is 0 Å². The second-order valence-corrected chi connectivity index (χ2v) is 1.06. The van der Waals surface area contributed by atoms with Crippen LogP contribution in [0.5, 0.6) is 0 Å². The van der Waals surface area contributed by atoms with E-state index in [9.17, 15) is 4.79 Å². The molecule has 1 amide bonds. The molecular weight excluding hydrogens is 186 g/mol. The Kier molecular flexibility index (Phi) is 2.33. The second kappa shape index (κ2) is 2.31. The van der Waals surface area contributed by atoms with Gasteiger partial charge in [-0.2, -0.15) is 0 Å². The Balaban J connectivity index is 2.85. The second-order valence-electron chi connectivity index (χ2n) is 0.417. The van der Waals surface area contributed by atoms with Crippen LogP contribution in [0.15, 0.2) is 0 Å². The maximum absolute atomic E-state index is 9.27. The predicted octanol–water partition coefficient (Wildman–Crippen LogP) is -0.930. The first-order valence-corrected chi connectivity index (χ1v) is 2.18. The van der Waals surface area contributed by atoms with E-state index in [0.29, 0.717) is 0 Å². The fraction of sp³-hybridized carbons (Fsp3) is 0. The van der Waals surface area contributed by atoms with Gasteiger partial charge in [0.05, 0.1) is 0 Å². The van der Waals surface area contributed by atoms with Gasteiger partial charge in [0.25, 0.3) is 0 Å². The molecule has 0 heterocycles. The topological polar surface area (TPSA) is 49.3 Å². The van der Waals surface area contributed by atoms with Crippen LogP contribution in [0.1, 0.15) is 0 Å². The van der Waals surface area contributed by atoms with Crippen LogP contribution in [0.3, 0.4) is 0 Å². The molecule has 0 atom stereocenters. The molecule has 5 heavy (non-hydrogen) atoms. The summed E-state index contributed by atoms with van der Waals surface area (Å²) in [5.74, 6) is 0. The van der Waals surface area contributed by atoms with Crippen molar-refractivity contribution < 1.29 is 9.90 Å². The van der Waals surface area contributed by atoms with Crippen molar-refractivity contribution in [2.45, 2.75) is 0 Å². The molecule has 0 aliphatic heterocycles. The molecule has 0 aliphatic carbocycles. The van der Waals surface area contributed by atoms with E-state index in [1.807, 2.05) is 3.57 Å². The summed E-state index contributed by atoms with van der Waals surface area (Å²) >= 11 is 1.05. The van der Waals surface area contributed by atoms with Crippen molar-refractivity contribution in [3.05, 3.63) is 0 Å². The van der Waals surface area contributed by atoms with Crippen LogP contribution >= 0.6 is 0 Å². The number of carbonyl (C=O) groups is 1. The normalized spacial score (nSPS) is 6.60. The van der Waals surface area contributed by atoms with Crippen molar-refractivity contribution in [2.75, 3.05) is 0 Å². The van der Waals surface area contributed by atoms with Crippen molar-refractivity contribution in [1.82, 2.24) is 3.57 Å². The Hall–Kier alpha value is 0.0596. The third-order valence-corrected chi connectivity index (χ3v) is 0.642. The number of rotatable bonds is 0. The Morgan fingerprint density at radius 2 is 2.20 bits per heavy atom. The van der Waals surface area contributed by atoms with Crippen molar-refractivity contribution in [1.29, 1.82) is 0 Å². The monoisotopic (exact) mass is 191 g/mol. The minimum absolute atomic E-state index is 0.973. The minimum atomic E-state index is -0.973. The van der Waals surface area contributed by atoms with Crippen LogP contribution in [-0.4, -0.2) is 33.8 Å². The van der Waals surface area contributed by atoms with E-state index in [-0.39, 0.29) is 0 Å². The number of carboxylic acid groups (broad SMARTS) is 1. The Bertz CT molecular complexity index is 44.9. The zero-order chi connectivity index (χ0) is 4.28. The molecule has 0 aliphatic rings. The molecule has 0 rings (SSSR count). The summed E-state index contributed by atoms with van der Waals surface area (Å²) in [6, 6.07) is 0. The molecule has 0 fully saturated rings. The number of hydrogen-bond donors (Lipinski definition) is 2. The average molecular weight is 189 g/mol. The first-order valence-electron chi connectivity index (χ1n) is 0.901. The summed E-state index contributed by atoms with van der Waals surface area (Å²) < 4.78 is 1.99. The zero-order valence-corrected chi connectivity index (χ0v) is 4.86. The van der Waals surface area contributed by atoms with Gasteiger partial charge in [-0.25, -0.2) is 0 Å². The Morgan fingerprint density at radius 3 is 2.20 bits per heavy atom. The van der Waals surface area contributed by atoms with Crippen molar-refractivity contribution >= 4 is 28.7 Å². The summed E-state index contributed by atoms with van der Waals surface area (Å²) in [7, 11) is 0. The molecule has 0 aromatic heterocycles. The average Bonchev–Trinajstić information content (AvgIpc) is 1.38. The zero-order valence-electron chi connectivity index (χ0n) is 2.30. The van der Waals surface area contributed by atoms with E-state index in [4.69, 9.17) is 5.11 Å².